The first-order chi connectivity index (χ1) is 10.8. The molecule has 0 fully saturated rings. The average molecular weight is 331 g/mol. The van der Waals surface area contributed by atoms with E-state index in [1.165, 1.54) is 39.2 Å². The lowest BCUT2D eigenvalue weighted by Crippen LogP contribution is -2.21. The molecule has 0 saturated carbocycles. The first-order valence-electron chi connectivity index (χ1n) is 8.05. The van der Waals surface area contributed by atoms with Crippen LogP contribution in [0.1, 0.15) is 51.7 Å². The highest BCUT2D eigenvalue weighted by Crippen LogP contribution is 2.40. The summed E-state index contributed by atoms with van der Waals surface area (Å²) in [5.41, 5.74) is 4.09. The van der Waals surface area contributed by atoms with Crippen LogP contribution in [0, 0.1) is 0 Å². The van der Waals surface area contributed by atoms with Crippen LogP contribution in [0.2, 0.25) is 0 Å². The number of hydrogen-bond acceptors (Lipinski definition) is 2. The topological polar surface area (TPSA) is 20.2 Å². The van der Waals surface area contributed by atoms with Crippen molar-refractivity contribution < 1.29 is 5.11 Å². The molecule has 0 spiro atoms. The molecule has 0 amide bonds. The summed E-state index contributed by atoms with van der Waals surface area (Å²) in [6, 6.07) is 13.2. The van der Waals surface area contributed by atoms with Gasteiger partial charge < -0.3 is 5.11 Å². The second-order valence-corrected chi connectivity index (χ2v) is 7.56. The van der Waals surface area contributed by atoms with Crippen molar-refractivity contribution in [3.8, 4) is 0 Å². The van der Waals surface area contributed by atoms with E-state index in [1.54, 1.807) is 0 Å². The number of rotatable bonds is 4. The number of aliphatic hydroxyl groups is 1. The van der Waals surface area contributed by atoms with Crippen LogP contribution in [0.3, 0.4) is 0 Å². The van der Waals surface area contributed by atoms with Gasteiger partial charge in [-0.05, 0) is 41.0 Å². The van der Waals surface area contributed by atoms with Gasteiger partial charge in [-0.15, -0.1) is 11.8 Å². The zero-order valence-corrected chi connectivity index (χ0v) is 16.1. The molecule has 0 radical (unpaired) electrons. The minimum absolute atomic E-state index is 0.000463. The van der Waals surface area contributed by atoms with Gasteiger partial charge in [0.25, 0.3) is 0 Å². The van der Waals surface area contributed by atoms with E-state index in [1.807, 2.05) is 6.26 Å². The number of fused-ring (bicyclic) bond motifs is 1. The Morgan fingerprint density at radius 2 is 1.74 bits per heavy atom. The van der Waals surface area contributed by atoms with Crippen LogP contribution in [0.4, 0.5) is 0 Å². The Labute approximate surface area is 145 Å². The van der Waals surface area contributed by atoms with Gasteiger partial charge in [-0.2, -0.15) is 0 Å². The largest absolute Gasteiger partial charge is 0.386 e. The molecule has 0 unspecified atom stereocenters. The van der Waals surface area contributed by atoms with Gasteiger partial charge in [-0.25, -0.2) is 0 Å². The number of hydrogen-bond donors (Lipinski definition) is 1. The summed E-state index contributed by atoms with van der Waals surface area (Å²) in [5, 5.41) is 10.5. The maximum absolute atomic E-state index is 7.84. The molecule has 23 heavy (non-hydrogen) atoms. The molecule has 1 N–H and O–H groups in total. The molecule has 1 nitrogen and oxygen atoms in total. The summed E-state index contributed by atoms with van der Waals surface area (Å²) < 4.78 is 0. The zero-order valence-electron chi connectivity index (χ0n) is 15.3. The lowest BCUT2D eigenvalue weighted by atomic mass is 9.73. The maximum atomic E-state index is 7.84. The van der Waals surface area contributed by atoms with Crippen molar-refractivity contribution in [1.29, 1.82) is 0 Å². The molecular formula is C21H30OS. The number of thioether (sulfide) groups is 1. The van der Waals surface area contributed by atoms with E-state index in [0.29, 0.717) is 5.92 Å². The number of aliphatic hydroxyl groups excluding tert-OH is 1. The molecule has 2 aromatic carbocycles. The van der Waals surface area contributed by atoms with Gasteiger partial charge in [0.1, 0.15) is 0 Å². The molecular weight excluding hydrogens is 300 g/mol. The predicted molar refractivity (Wildman–Crippen MR) is 106 cm³/mol. The van der Waals surface area contributed by atoms with Gasteiger partial charge in [0, 0.05) is 5.41 Å². The quantitative estimate of drug-likeness (QED) is 0.538. The molecule has 0 bridgehead atoms. The third-order valence-electron chi connectivity index (χ3n) is 4.40. The van der Waals surface area contributed by atoms with Crippen molar-refractivity contribution in [1.82, 2.24) is 0 Å². The van der Waals surface area contributed by atoms with Gasteiger partial charge in [0.05, 0.1) is 5.94 Å². The second kappa shape index (κ2) is 8.56. The Morgan fingerprint density at radius 3 is 2.22 bits per heavy atom. The summed E-state index contributed by atoms with van der Waals surface area (Å²) in [6.07, 6.45) is 1.85. The molecule has 2 heteroatoms. The monoisotopic (exact) mass is 330 g/mol. The van der Waals surface area contributed by atoms with E-state index < -0.39 is 0 Å². The highest BCUT2D eigenvalue weighted by Gasteiger charge is 2.27. The highest BCUT2D eigenvalue weighted by molar-refractivity contribution is 7.98. The second-order valence-electron chi connectivity index (χ2n) is 6.73. The van der Waals surface area contributed by atoms with Crippen LogP contribution in [0.25, 0.3) is 10.8 Å². The minimum Gasteiger partial charge on any atom is -0.386 e. The molecule has 0 aliphatic carbocycles. The Kier molecular flexibility index (Phi) is 7.37. The van der Waals surface area contributed by atoms with E-state index in [0.717, 1.165) is 0 Å². The van der Waals surface area contributed by atoms with Gasteiger partial charge in [0.2, 0.25) is 0 Å². The third kappa shape index (κ3) is 4.62. The fourth-order valence-corrected chi connectivity index (χ4v) is 2.68. The first-order valence-corrected chi connectivity index (χ1v) is 9.44. The fraction of sp³-hybridized carbons (Fsp3) is 0.429. The lowest BCUT2D eigenvalue weighted by Gasteiger charge is -2.31. The van der Waals surface area contributed by atoms with E-state index in [9.17, 15) is 0 Å². The van der Waals surface area contributed by atoms with Crippen LogP contribution in [0.5, 0.6) is 0 Å². The lowest BCUT2D eigenvalue weighted by molar-refractivity contribution is 0.376. The Hall–Kier alpha value is -1.25. The SMILES string of the molecule is C=C(C)C(C)(C)c1c(C(C)C)ccc2ccccc12.CSCO. The van der Waals surface area contributed by atoms with Gasteiger partial charge in [0.15, 0.2) is 0 Å². The van der Waals surface area contributed by atoms with Crippen LogP contribution in [0.15, 0.2) is 48.6 Å². The highest BCUT2D eigenvalue weighted by atomic mass is 32.2. The summed E-state index contributed by atoms with van der Waals surface area (Å²) >= 11 is 1.41. The summed E-state index contributed by atoms with van der Waals surface area (Å²) in [4.78, 5) is 0. The molecule has 126 valence electrons. The Balaban J connectivity index is 0.000000593. The molecule has 0 saturated heterocycles. The van der Waals surface area contributed by atoms with Crippen molar-refractivity contribution in [2.75, 3.05) is 12.2 Å². The maximum Gasteiger partial charge on any atom is 0.0883 e. The Bertz CT molecular complexity index is 654. The minimum atomic E-state index is 0.000463. The normalized spacial score (nSPS) is 11.3. The van der Waals surface area contributed by atoms with Crippen molar-refractivity contribution in [2.24, 2.45) is 0 Å². The summed E-state index contributed by atoms with van der Waals surface area (Å²) in [5.74, 6) is 0.762. The molecule has 0 aliphatic rings. The van der Waals surface area contributed by atoms with Crippen molar-refractivity contribution in [3.63, 3.8) is 0 Å². The van der Waals surface area contributed by atoms with E-state index in [-0.39, 0.29) is 11.4 Å². The third-order valence-corrected chi connectivity index (χ3v) is 4.66. The van der Waals surface area contributed by atoms with Crippen molar-refractivity contribution >= 4 is 22.5 Å². The van der Waals surface area contributed by atoms with Gasteiger partial charge in [-0.3, -0.25) is 0 Å². The number of allylic oxidation sites excluding steroid dienone is 1. The first kappa shape index (κ1) is 19.8. The molecule has 0 aromatic heterocycles. The van der Waals surface area contributed by atoms with Crippen LogP contribution < -0.4 is 0 Å². The predicted octanol–water partition coefficient (Wildman–Crippen LogP) is 6.12. The Morgan fingerprint density at radius 1 is 1.17 bits per heavy atom. The molecule has 2 aromatic rings. The van der Waals surface area contributed by atoms with Gasteiger partial charge in [-0.1, -0.05) is 76.2 Å². The standard InChI is InChI=1S/C19H24.C2H6OS/c1-13(2)16-12-11-15-9-7-8-10-17(15)18(16)19(5,6)14(3)4;1-4-2-3/h7-13H,3H2,1-2,4-6H3;3H,2H2,1H3. The van der Waals surface area contributed by atoms with E-state index in [2.05, 4.69) is 77.6 Å². The number of benzene rings is 2. The van der Waals surface area contributed by atoms with E-state index >= 15 is 0 Å². The average Bonchev–Trinajstić information content (AvgIpc) is 2.53. The molecule has 0 aliphatic heterocycles. The van der Waals surface area contributed by atoms with E-state index in [4.69, 9.17) is 5.11 Å². The smallest absolute Gasteiger partial charge is 0.0883 e. The molecule has 0 atom stereocenters. The summed E-state index contributed by atoms with van der Waals surface area (Å²) in [7, 11) is 0. The zero-order chi connectivity index (χ0) is 17.6. The van der Waals surface area contributed by atoms with Crippen molar-refractivity contribution in [2.45, 2.75) is 46.0 Å². The van der Waals surface area contributed by atoms with Crippen LogP contribution >= 0.6 is 11.8 Å². The molecule has 2 rings (SSSR count). The van der Waals surface area contributed by atoms with Crippen molar-refractivity contribution in [3.05, 3.63) is 59.7 Å². The molecule has 0 heterocycles. The fourth-order valence-electron chi connectivity index (χ4n) is 2.68. The van der Waals surface area contributed by atoms with Gasteiger partial charge >= 0.3 is 0 Å². The van der Waals surface area contributed by atoms with Crippen LogP contribution in [-0.4, -0.2) is 17.3 Å². The van der Waals surface area contributed by atoms with Crippen LogP contribution in [-0.2, 0) is 5.41 Å². The summed E-state index contributed by atoms with van der Waals surface area (Å²) in [6.45, 7) is 15.4.